The lowest BCUT2D eigenvalue weighted by molar-refractivity contribution is -0.384. The summed E-state index contributed by atoms with van der Waals surface area (Å²) < 4.78 is 0. The number of nitrogens with zero attached hydrogens (tertiary/aromatic N) is 2. The topological polar surface area (TPSA) is 66.6 Å². The average Bonchev–Trinajstić information content (AvgIpc) is 2.76. The quantitative estimate of drug-likeness (QED) is 0.687. The second-order valence-corrected chi connectivity index (χ2v) is 5.11. The molecule has 1 aliphatic heterocycles. The van der Waals surface area contributed by atoms with Gasteiger partial charge in [-0.15, -0.1) is 0 Å². The van der Waals surface area contributed by atoms with Gasteiger partial charge in [-0.05, 0) is 6.42 Å². The van der Waals surface area contributed by atoms with Gasteiger partial charge in [0.25, 0.3) is 5.69 Å². The average molecular weight is 291 g/mol. The van der Waals surface area contributed by atoms with E-state index in [9.17, 15) is 10.1 Å². The zero-order chi connectivity index (χ0) is 13.3. The van der Waals surface area contributed by atoms with Gasteiger partial charge >= 0.3 is 0 Å². The molecule has 1 heterocycles. The van der Waals surface area contributed by atoms with E-state index < -0.39 is 4.92 Å². The Labute approximate surface area is 114 Å². The summed E-state index contributed by atoms with van der Waals surface area (Å²) in [5, 5.41) is 20.3. The van der Waals surface area contributed by atoms with Gasteiger partial charge in [0, 0.05) is 37.7 Å². The molecule has 98 valence electrons. The molecular formula is C11H12Cl2N2O3. The van der Waals surface area contributed by atoms with Crippen LogP contribution in [0.1, 0.15) is 6.42 Å². The van der Waals surface area contributed by atoms with Crippen molar-refractivity contribution < 1.29 is 10.0 Å². The van der Waals surface area contributed by atoms with E-state index in [1.165, 1.54) is 12.1 Å². The number of hydrogen-bond donors (Lipinski definition) is 1. The molecule has 1 N–H and O–H groups in total. The van der Waals surface area contributed by atoms with E-state index in [4.69, 9.17) is 28.3 Å². The predicted octanol–water partition coefficient (Wildman–Crippen LogP) is 2.72. The molecule has 1 saturated heterocycles. The molecule has 0 bridgehead atoms. The highest BCUT2D eigenvalue weighted by molar-refractivity contribution is 6.39. The fourth-order valence-electron chi connectivity index (χ4n) is 2.14. The van der Waals surface area contributed by atoms with Crippen molar-refractivity contribution in [3.05, 3.63) is 32.3 Å². The van der Waals surface area contributed by atoms with Gasteiger partial charge in [0.1, 0.15) is 0 Å². The molecule has 0 radical (unpaired) electrons. The number of non-ortho nitro benzene ring substituents is 1. The van der Waals surface area contributed by atoms with Crippen LogP contribution in [0.25, 0.3) is 0 Å². The van der Waals surface area contributed by atoms with Gasteiger partial charge in [-0.1, -0.05) is 23.2 Å². The summed E-state index contributed by atoms with van der Waals surface area (Å²) in [6.07, 6.45) is 0.861. The molecule has 1 aliphatic rings. The third-order valence-electron chi connectivity index (χ3n) is 3.07. The second-order valence-electron chi connectivity index (χ2n) is 4.30. The molecular weight excluding hydrogens is 279 g/mol. The van der Waals surface area contributed by atoms with Crippen LogP contribution in [0.2, 0.25) is 10.0 Å². The maximum Gasteiger partial charge on any atom is 0.272 e. The number of nitro benzene ring substituents is 1. The standard InChI is InChI=1S/C11H12Cl2N2O3/c12-9-3-8(15(17)18)4-10(13)11(9)14-2-1-7(5-14)6-16/h3-4,7,16H,1-2,5-6H2. The minimum absolute atomic E-state index is 0.119. The summed E-state index contributed by atoms with van der Waals surface area (Å²) in [7, 11) is 0. The van der Waals surface area contributed by atoms with Crippen LogP contribution in [0.5, 0.6) is 0 Å². The fraction of sp³-hybridized carbons (Fsp3) is 0.455. The Morgan fingerprint density at radius 2 is 2.06 bits per heavy atom. The molecule has 18 heavy (non-hydrogen) atoms. The Morgan fingerprint density at radius 3 is 2.50 bits per heavy atom. The number of hydrogen-bond acceptors (Lipinski definition) is 4. The fourth-order valence-corrected chi connectivity index (χ4v) is 2.86. The number of aliphatic hydroxyl groups excluding tert-OH is 1. The van der Waals surface area contributed by atoms with E-state index in [0.717, 1.165) is 13.0 Å². The van der Waals surface area contributed by atoms with Gasteiger partial charge < -0.3 is 10.0 Å². The zero-order valence-electron chi connectivity index (χ0n) is 9.47. The van der Waals surface area contributed by atoms with Crippen LogP contribution in [-0.4, -0.2) is 29.7 Å². The first-order chi connectivity index (χ1) is 8.52. The van der Waals surface area contributed by atoms with Gasteiger partial charge in [0.05, 0.1) is 20.7 Å². The first-order valence-electron chi connectivity index (χ1n) is 5.52. The number of anilines is 1. The lowest BCUT2D eigenvalue weighted by atomic mass is 10.1. The minimum atomic E-state index is -0.526. The predicted molar refractivity (Wildman–Crippen MR) is 70.5 cm³/mol. The molecule has 5 nitrogen and oxygen atoms in total. The molecule has 0 aliphatic carbocycles. The molecule has 2 rings (SSSR count). The lowest BCUT2D eigenvalue weighted by Gasteiger charge is -2.21. The third kappa shape index (κ3) is 2.53. The molecule has 1 aromatic rings. The number of halogens is 2. The van der Waals surface area contributed by atoms with Crippen LogP contribution in [0.15, 0.2) is 12.1 Å². The van der Waals surface area contributed by atoms with E-state index in [1.807, 2.05) is 4.90 Å². The van der Waals surface area contributed by atoms with Crippen LogP contribution in [0, 0.1) is 16.0 Å². The number of rotatable bonds is 3. The van der Waals surface area contributed by atoms with E-state index in [1.54, 1.807) is 0 Å². The van der Waals surface area contributed by atoms with Crippen LogP contribution in [0.4, 0.5) is 11.4 Å². The SMILES string of the molecule is O=[N+]([O-])c1cc(Cl)c(N2CCC(CO)C2)c(Cl)c1. The van der Waals surface area contributed by atoms with Crippen molar-refractivity contribution in [2.45, 2.75) is 6.42 Å². The Hall–Kier alpha value is -1.04. The molecule has 1 unspecified atom stereocenters. The molecule has 1 atom stereocenters. The van der Waals surface area contributed by atoms with Crippen LogP contribution < -0.4 is 4.90 Å². The van der Waals surface area contributed by atoms with Gasteiger partial charge in [-0.3, -0.25) is 10.1 Å². The van der Waals surface area contributed by atoms with Gasteiger partial charge in [0.15, 0.2) is 0 Å². The monoisotopic (exact) mass is 290 g/mol. The summed E-state index contributed by atoms with van der Waals surface area (Å²) in [5.74, 6) is 0.201. The zero-order valence-corrected chi connectivity index (χ0v) is 11.0. The molecule has 0 spiro atoms. The molecule has 1 aromatic carbocycles. The molecule has 7 heteroatoms. The first kappa shape index (κ1) is 13.4. The van der Waals surface area contributed by atoms with Crippen molar-refractivity contribution in [3.63, 3.8) is 0 Å². The Balaban J connectivity index is 2.32. The van der Waals surface area contributed by atoms with Crippen molar-refractivity contribution in [1.29, 1.82) is 0 Å². The number of aliphatic hydroxyl groups is 1. The van der Waals surface area contributed by atoms with Crippen molar-refractivity contribution in [3.8, 4) is 0 Å². The van der Waals surface area contributed by atoms with Crippen molar-refractivity contribution in [2.24, 2.45) is 5.92 Å². The highest BCUT2D eigenvalue weighted by Gasteiger charge is 2.26. The first-order valence-corrected chi connectivity index (χ1v) is 6.27. The third-order valence-corrected chi connectivity index (χ3v) is 3.65. The van der Waals surface area contributed by atoms with Crippen molar-refractivity contribution >= 4 is 34.6 Å². The van der Waals surface area contributed by atoms with E-state index >= 15 is 0 Å². The maximum atomic E-state index is 10.7. The van der Waals surface area contributed by atoms with Crippen LogP contribution in [0.3, 0.4) is 0 Å². The second kappa shape index (κ2) is 5.30. The summed E-state index contributed by atoms with van der Waals surface area (Å²) >= 11 is 12.1. The Kier molecular flexibility index (Phi) is 3.94. The highest BCUT2D eigenvalue weighted by atomic mass is 35.5. The summed E-state index contributed by atoms with van der Waals surface area (Å²) in [4.78, 5) is 12.1. The van der Waals surface area contributed by atoms with E-state index in [2.05, 4.69) is 0 Å². The summed E-state index contributed by atoms with van der Waals surface area (Å²) in [6.45, 7) is 1.52. The molecule has 0 aromatic heterocycles. The number of nitro groups is 1. The molecule has 0 amide bonds. The van der Waals surface area contributed by atoms with Crippen LogP contribution >= 0.6 is 23.2 Å². The van der Waals surface area contributed by atoms with E-state index in [0.29, 0.717) is 12.2 Å². The smallest absolute Gasteiger partial charge is 0.272 e. The normalized spacial score (nSPS) is 19.3. The van der Waals surface area contributed by atoms with Crippen molar-refractivity contribution in [2.75, 3.05) is 24.6 Å². The molecule has 0 saturated carbocycles. The minimum Gasteiger partial charge on any atom is -0.396 e. The number of benzene rings is 1. The largest absolute Gasteiger partial charge is 0.396 e. The lowest BCUT2D eigenvalue weighted by Crippen LogP contribution is -2.21. The van der Waals surface area contributed by atoms with Crippen molar-refractivity contribution in [1.82, 2.24) is 0 Å². The van der Waals surface area contributed by atoms with Crippen LogP contribution in [-0.2, 0) is 0 Å². The highest BCUT2D eigenvalue weighted by Crippen LogP contribution is 2.39. The summed E-state index contributed by atoms with van der Waals surface area (Å²) in [6, 6.07) is 2.60. The van der Waals surface area contributed by atoms with Gasteiger partial charge in [0.2, 0.25) is 0 Å². The van der Waals surface area contributed by atoms with Gasteiger partial charge in [-0.25, -0.2) is 0 Å². The van der Waals surface area contributed by atoms with Gasteiger partial charge in [-0.2, -0.15) is 0 Å². The Morgan fingerprint density at radius 1 is 1.44 bits per heavy atom. The molecule has 1 fully saturated rings. The van der Waals surface area contributed by atoms with E-state index in [-0.39, 0.29) is 28.3 Å². The maximum absolute atomic E-state index is 10.7. The Bertz CT molecular complexity index is 458. The summed E-state index contributed by atoms with van der Waals surface area (Å²) in [5.41, 5.74) is 0.492.